The molecule has 5 rings (SSSR count). The highest BCUT2D eigenvalue weighted by Crippen LogP contribution is 2.47. The van der Waals surface area contributed by atoms with Crippen LogP contribution in [0.3, 0.4) is 0 Å². The number of benzene rings is 2. The van der Waals surface area contributed by atoms with Crippen LogP contribution in [0.15, 0.2) is 60.9 Å². The number of methoxy groups -OCH3 is 2. The summed E-state index contributed by atoms with van der Waals surface area (Å²) in [4.78, 5) is 35.0. The number of rotatable bonds is 14. The van der Waals surface area contributed by atoms with Gasteiger partial charge in [-0.25, -0.2) is 0 Å². The number of para-hydroxylation sites is 1. The zero-order valence-electron chi connectivity index (χ0n) is 25.6. The number of unbranched alkanes of at least 4 members (excludes halogenated alkanes) is 1. The fourth-order valence-corrected chi connectivity index (χ4v) is 6.45. The summed E-state index contributed by atoms with van der Waals surface area (Å²) in [6, 6.07) is 14.9. The predicted molar refractivity (Wildman–Crippen MR) is 166 cm³/mol. The molecule has 0 saturated carbocycles. The van der Waals surface area contributed by atoms with Crippen LogP contribution < -0.4 is 23.8 Å². The molecule has 2 aliphatic heterocycles. The van der Waals surface area contributed by atoms with E-state index in [1.165, 1.54) is 0 Å². The van der Waals surface area contributed by atoms with Gasteiger partial charge in [0.15, 0.2) is 11.5 Å². The molecule has 1 amide bonds. The number of likely N-dealkylation sites (tertiary alicyclic amines) is 1. The van der Waals surface area contributed by atoms with E-state index in [4.69, 9.17) is 18.9 Å². The number of carboxylic acid groups (broad SMARTS) is 1. The first-order valence-corrected chi connectivity index (χ1v) is 15.2. The van der Waals surface area contributed by atoms with E-state index in [9.17, 15) is 14.7 Å². The topological polar surface area (TPSA) is 111 Å². The number of ether oxygens (including phenoxy) is 4. The van der Waals surface area contributed by atoms with Gasteiger partial charge in [-0.3, -0.25) is 19.5 Å². The zero-order chi connectivity index (χ0) is 31.1. The van der Waals surface area contributed by atoms with Crippen molar-refractivity contribution >= 4 is 17.6 Å². The third-order valence-electron chi connectivity index (χ3n) is 8.61. The van der Waals surface area contributed by atoms with Crippen LogP contribution >= 0.6 is 0 Å². The Hall–Kier alpha value is -4.31. The first kappa shape index (κ1) is 31.1. The number of aliphatic carboxylic acids is 1. The number of carbonyl (C=O) groups excluding carboxylic acids is 1. The van der Waals surface area contributed by atoms with E-state index in [1.54, 1.807) is 31.5 Å². The number of pyridine rings is 1. The van der Waals surface area contributed by atoms with Gasteiger partial charge in [-0.1, -0.05) is 31.5 Å². The van der Waals surface area contributed by atoms with Crippen LogP contribution in [-0.2, 0) is 16.0 Å². The van der Waals surface area contributed by atoms with Gasteiger partial charge in [-0.2, -0.15) is 0 Å². The number of hydrogen-bond donors (Lipinski definition) is 1. The van der Waals surface area contributed by atoms with Crippen molar-refractivity contribution < 1.29 is 33.6 Å². The number of aromatic nitrogens is 1. The molecular weight excluding hydrogens is 562 g/mol. The molecule has 0 aliphatic carbocycles. The van der Waals surface area contributed by atoms with Crippen molar-refractivity contribution in [3.05, 3.63) is 72.1 Å². The molecular formula is C34H41N3O7. The highest BCUT2D eigenvalue weighted by Gasteiger charge is 2.47. The maximum Gasteiger partial charge on any atom is 0.308 e. The number of fused-ring (bicyclic) bond motifs is 1. The Morgan fingerprint density at radius 2 is 1.89 bits per heavy atom. The summed E-state index contributed by atoms with van der Waals surface area (Å²) in [7, 11) is 3.21. The zero-order valence-corrected chi connectivity index (χ0v) is 25.6. The molecule has 3 atom stereocenters. The lowest BCUT2D eigenvalue weighted by Crippen LogP contribution is -2.44. The Morgan fingerprint density at radius 1 is 1.07 bits per heavy atom. The van der Waals surface area contributed by atoms with Gasteiger partial charge in [0.05, 0.1) is 38.6 Å². The van der Waals surface area contributed by atoms with E-state index in [0.29, 0.717) is 36.8 Å². The van der Waals surface area contributed by atoms with E-state index in [-0.39, 0.29) is 31.2 Å². The smallest absolute Gasteiger partial charge is 0.308 e. The average molecular weight is 604 g/mol. The summed E-state index contributed by atoms with van der Waals surface area (Å²) in [5.41, 5.74) is 2.60. The van der Waals surface area contributed by atoms with E-state index < -0.39 is 11.9 Å². The van der Waals surface area contributed by atoms with Crippen LogP contribution in [0.1, 0.15) is 49.7 Å². The number of amides is 1. The van der Waals surface area contributed by atoms with Crippen molar-refractivity contribution in [2.45, 2.75) is 51.0 Å². The van der Waals surface area contributed by atoms with E-state index in [2.05, 4.69) is 16.8 Å². The van der Waals surface area contributed by atoms with Crippen LogP contribution in [0.4, 0.5) is 5.69 Å². The fourth-order valence-electron chi connectivity index (χ4n) is 6.45. The Balaban J connectivity index is 1.45. The second-order valence-electron chi connectivity index (χ2n) is 11.2. The molecule has 10 nitrogen and oxygen atoms in total. The van der Waals surface area contributed by atoms with E-state index in [0.717, 1.165) is 48.2 Å². The molecule has 1 unspecified atom stereocenters. The van der Waals surface area contributed by atoms with Crippen molar-refractivity contribution in [2.75, 3.05) is 45.5 Å². The third kappa shape index (κ3) is 6.75. The predicted octanol–water partition coefficient (Wildman–Crippen LogP) is 5.15. The molecule has 44 heavy (non-hydrogen) atoms. The van der Waals surface area contributed by atoms with E-state index in [1.807, 2.05) is 48.5 Å². The normalized spacial score (nSPS) is 19.1. The minimum Gasteiger partial charge on any atom is -0.496 e. The molecule has 1 aromatic heterocycles. The van der Waals surface area contributed by atoms with Crippen molar-refractivity contribution in [2.24, 2.45) is 5.92 Å². The average Bonchev–Trinajstić information content (AvgIpc) is 3.66. The summed E-state index contributed by atoms with van der Waals surface area (Å²) in [5, 5.41) is 10.7. The summed E-state index contributed by atoms with van der Waals surface area (Å²) in [5.74, 6) is 0.277. The SMILES string of the molecule is CCCCN(C(=O)CN1C[C@H](c2cc(OC)c3c(c2)OCO3)C(C(=O)O)[C@@H]1CCCc1ccccc1OC)c1cccnc1. The van der Waals surface area contributed by atoms with Gasteiger partial charge >= 0.3 is 5.97 Å². The van der Waals surface area contributed by atoms with Crippen LogP contribution in [0.2, 0.25) is 0 Å². The summed E-state index contributed by atoms with van der Waals surface area (Å²) >= 11 is 0. The first-order valence-electron chi connectivity index (χ1n) is 15.2. The minimum atomic E-state index is -0.890. The molecule has 1 saturated heterocycles. The quantitative estimate of drug-likeness (QED) is 0.267. The van der Waals surface area contributed by atoms with Crippen molar-refractivity contribution in [3.8, 4) is 23.0 Å². The van der Waals surface area contributed by atoms with Gasteiger partial charge in [0.25, 0.3) is 0 Å². The number of aryl methyl sites for hydroxylation is 1. The summed E-state index contributed by atoms with van der Waals surface area (Å²) in [6.07, 6.45) is 7.24. The van der Waals surface area contributed by atoms with Crippen LogP contribution in [-0.4, -0.2) is 73.6 Å². The summed E-state index contributed by atoms with van der Waals surface area (Å²) < 4.78 is 22.4. The second-order valence-corrected chi connectivity index (χ2v) is 11.2. The van der Waals surface area contributed by atoms with Crippen LogP contribution in [0.25, 0.3) is 0 Å². The maximum absolute atomic E-state index is 13.9. The second kappa shape index (κ2) is 14.4. The molecule has 234 valence electrons. The lowest BCUT2D eigenvalue weighted by molar-refractivity contribution is -0.143. The largest absolute Gasteiger partial charge is 0.496 e. The summed E-state index contributed by atoms with van der Waals surface area (Å²) in [6.45, 7) is 3.24. The number of anilines is 1. The van der Waals surface area contributed by atoms with E-state index >= 15 is 0 Å². The van der Waals surface area contributed by atoms with Gasteiger partial charge in [-0.05, 0) is 67.1 Å². The number of hydrogen-bond acceptors (Lipinski definition) is 8. The van der Waals surface area contributed by atoms with Gasteiger partial charge < -0.3 is 29.0 Å². The van der Waals surface area contributed by atoms with Crippen molar-refractivity contribution in [3.63, 3.8) is 0 Å². The third-order valence-corrected chi connectivity index (χ3v) is 8.61. The standard InChI is InChI=1S/C34H41N3O7/c1-4-5-16-37(25-12-9-15-35-19-25)31(38)21-36-20-26(24-17-29(42-3)33-30(18-24)43-22-44-33)32(34(39)40)27(36)13-8-11-23-10-6-7-14-28(23)41-2/h6-7,9-10,12,14-15,17-19,26-27,32H,4-5,8,11,13,16,20-22H2,1-3H3,(H,39,40)/t26-,27+,32?/m1/s1. The van der Waals surface area contributed by atoms with Gasteiger partial charge in [0.2, 0.25) is 18.4 Å². The maximum atomic E-state index is 13.9. The lowest BCUT2D eigenvalue weighted by atomic mass is 9.83. The highest BCUT2D eigenvalue weighted by molar-refractivity contribution is 5.94. The molecule has 2 aliphatic rings. The van der Waals surface area contributed by atoms with Crippen LogP contribution in [0.5, 0.6) is 23.0 Å². The monoisotopic (exact) mass is 603 g/mol. The Kier molecular flexibility index (Phi) is 10.2. The van der Waals surface area contributed by atoms with Gasteiger partial charge in [0.1, 0.15) is 5.75 Å². The van der Waals surface area contributed by atoms with Gasteiger partial charge in [0, 0.05) is 31.2 Å². The molecule has 2 aromatic carbocycles. The Bertz CT molecular complexity index is 1430. The molecule has 10 heteroatoms. The molecule has 0 radical (unpaired) electrons. The van der Waals surface area contributed by atoms with Gasteiger partial charge in [-0.15, -0.1) is 0 Å². The van der Waals surface area contributed by atoms with Crippen molar-refractivity contribution in [1.29, 1.82) is 0 Å². The minimum absolute atomic E-state index is 0.0748. The fraction of sp³-hybridized carbons (Fsp3) is 0.441. The number of carbonyl (C=O) groups is 2. The number of nitrogens with zero attached hydrogens (tertiary/aromatic N) is 3. The molecule has 1 fully saturated rings. The van der Waals surface area contributed by atoms with Crippen LogP contribution in [0, 0.1) is 5.92 Å². The highest BCUT2D eigenvalue weighted by atomic mass is 16.7. The Labute approximate surface area is 258 Å². The first-order chi connectivity index (χ1) is 21.4. The van der Waals surface area contributed by atoms with Crippen molar-refractivity contribution in [1.82, 2.24) is 9.88 Å². The Morgan fingerprint density at radius 3 is 2.61 bits per heavy atom. The number of carboxylic acids is 1. The molecule has 3 aromatic rings. The lowest BCUT2D eigenvalue weighted by Gasteiger charge is -2.29. The molecule has 1 N–H and O–H groups in total. The molecule has 3 heterocycles. The molecule has 0 spiro atoms. The molecule has 0 bridgehead atoms.